The number of carbonyl (C=O) groups excluding carboxylic acids is 2. The second-order valence-electron chi connectivity index (χ2n) is 6.75. The van der Waals surface area contributed by atoms with Crippen LogP contribution < -0.4 is 10.6 Å². The fourth-order valence-electron chi connectivity index (χ4n) is 2.67. The summed E-state index contributed by atoms with van der Waals surface area (Å²) in [5.41, 5.74) is 2.13. The third kappa shape index (κ3) is 6.13. The van der Waals surface area contributed by atoms with Crippen LogP contribution in [0.5, 0.6) is 0 Å². The molecule has 2 N–H and O–H groups in total. The van der Waals surface area contributed by atoms with E-state index in [1.165, 1.54) is 16.9 Å². The van der Waals surface area contributed by atoms with Gasteiger partial charge in [0.2, 0.25) is 16.9 Å². The number of aryl methyl sites for hydroxylation is 1. The van der Waals surface area contributed by atoms with Crippen molar-refractivity contribution in [1.82, 2.24) is 15.5 Å². The van der Waals surface area contributed by atoms with E-state index in [1.54, 1.807) is 6.92 Å². The molecule has 0 aliphatic rings. The maximum atomic E-state index is 12.4. The zero-order valence-electron chi connectivity index (χ0n) is 16.4. The standard InChI is InChI=1S/C20H28N4O2S/c1-5-7-8-15(6-2)18(26)21-14(4)17(25)22-20-24-23-19(27-20)16-11-9-13(3)10-12-16/h9-12,14-15H,5-8H2,1-4H3,(H,21,26)(H,22,24,25)/t14-,15+/m0/s1. The Bertz CT molecular complexity index is 758. The average Bonchev–Trinajstić information content (AvgIpc) is 3.11. The second-order valence-corrected chi connectivity index (χ2v) is 7.72. The topological polar surface area (TPSA) is 84.0 Å². The molecule has 1 aromatic heterocycles. The Morgan fingerprint density at radius 3 is 2.44 bits per heavy atom. The van der Waals surface area contributed by atoms with Gasteiger partial charge in [0.1, 0.15) is 11.0 Å². The number of hydrogen-bond donors (Lipinski definition) is 2. The highest BCUT2D eigenvalue weighted by molar-refractivity contribution is 7.18. The molecule has 1 heterocycles. The van der Waals surface area contributed by atoms with Crippen LogP contribution in [0.3, 0.4) is 0 Å². The molecule has 0 bridgehead atoms. The van der Waals surface area contributed by atoms with E-state index in [0.717, 1.165) is 36.3 Å². The molecule has 146 valence electrons. The minimum atomic E-state index is -0.625. The smallest absolute Gasteiger partial charge is 0.248 e. The van der Waals surface area contributed by atoms with Gasteiger partial charge in [0, 0.05) is 11.5 Å². The molecule has 0 radical (unpaired) electrons. The van der Waals surface area contributed by atoms with E-state index in [4.69, 9.17) is 0 Å². The molecule has 1 aromatic carbocycles. The van der Waals surface area contributed by atoms with Crippen molar-refractivity contribution >= 4 is 28.3 Å². The summed E-state index contributed by atoms with van der Waals surface area (Å²) < 4.78 is 0. The first kappa shape index (κ1) is 21.0. The number of anilines is 1. The number of unbranched alkanes of at least 4 members (excludes halogenated alkanes) is 1. The lowest BCUT2D eigenvalue weighted by Crippen LogP contribution is -2.44. The molecule has 0 fully saturated rings. The maximum absolute atomic E-state index is 12.4. The molecule has 2 atom stereocenters. The summed E-state index contributed by atoms with van der Waals surface area (Å²) >= 11 is 1.31. The fraction of sp³-hybridized carbons (Fsp3) is 0.500. The van der Waals surface area contributed by atoms with E-state index in [9.17, 15) is 9.59 Å². The zero-order chi connectivity index (χ0) is 19.8. The molecule has 6 nitrogen and oxygen atoms in total. The molecular formula is C20H28N4O2S. The number of nitrogens with one attached hydrogen (secondary N) is 2. The summed E-state index contributed by atoms with van der Waals surface area (Å²) in [6.45, 7) is 7.81. The van der Waals surface area contributed by atoms with Crippen molar-refractivity contribution in [3.63, 3.8) is 0 Å². The zero-order valence-corrected chi connectivity index (χ0v) is 17.2. The molecule has 0 aliphatic carbocycles. The van der Waals surface area contributed by atoms with Crippen LogP contribution in [0.2, 0.25) is 0 Å². The number of amides is 2. The van der Waals surface area contributed by atoms with E-state index in [-0.39, 0.29) is 17.7 Å². The molecule has 7 heteroatoms. The lowest BCUT2D eigenvalue weighted by Gasteiger charge is -2.18. The summed E-state index contributed by atoms with van der Waals surface area (Å²) in [6.07, 6.45) is 3.69. The van der Waals surface area contributed by atoms with E-state index in [0.29, 0.717) is 5.13 Å². The van der Waals surface area contributed by atoms with Crippen LogP contribution in [0.1, 0.15) is 52.0 Å². The predicted octanol–water partition coefficient (Wildman–Crippen LogP) is 4.17. The first-order chi connectivity index (χ1) is 12.9. The van der Waals surface area contributed by atoms with Gasteiger partial charge >= 0.3 is 0 Å². The summed E-state index contributed by atoms with van der Waals surface area (Å²) in [7, 11) is 0. The Kier molecular flexibility index (Phi) is 7.91. The number of hydrogen-bond acceptors (Lipinski definition) is 5. The quantitative estimate of drug-likeness (QED) is 0.675. The van der Waals surface area contributed by atoms with Crippen molar-refractivity contribution in [2.45, 2.75) is 59.4 Å². The van der Waals surface area contributed by atoms with Crippen LogP contribution >= 0.6 is 11.3 Å². The molecule has 0 aliphatic heterocycles. The van der Waals surface area contributed by atoms with Gasteiger partial charge in [-0.25, -0.2) is 0 Å². The van der Waals surface area contributed by atoms with E-state index >= 15 is 0 Å². The molecule has 0 spiro atoms. The van der Waals surface area contributed by atoms with Gasteiger partial charge in [-0.2, -0.15) is 0 Å². The second kappa shape index (κ2) is 10.2. The van der Waals surface area contributed by atoms with Gasteiger partial charge in [-0.05, 0) is 26.7 Å². The Labute approximate surface area is 164 Å². The number of aromatic nitrogens is 2. The maximum Gasteiger partial charge on any atom is 0.248 e. The highest BCUT2D eigenvalue weighted by Crippen LogP contribution is 2.26. The summed E-state index contributed by atoms with van der Waals surface area (Å²) in [5, 5.41) is 14.9. The SMILES string of the molecule is CCCC[C@@H](CC)C(=O)N[C@@H](C)C(=O)Nc1nnc(-c2ccc(C)cc2)s1. The van der Waals surface area contributed by atoms with Crippen LogP contribution in [0, 0.1) is 12.8 Å². The molecule has 0 saturated carbocycles. The van der Waals surface area contributed by atoms with Gasteiger partial charge in [0.05, 0.1) is 0 Å². The van der Waals surface area contributed by atoms with Gasteiger partial charge < -0.3 is 5.32 Å². The third-order valence-corrected chi connectivity index (χ3v) is 5.36. The lowest BCUT2D eigenvalue weighted by atomic mass is 9.98. The van der Waals surface area contributed by atoms with Gasteiger partial charge in [-0.3, -0.25) is 14.9 Å². The first-order valence-electron chi connectivity index (χ1n) is 9.46. The minimum absolute atomic E-state index is 0.0464. The Hall–Kier alpha value is -2.28. The normalized spacial score (nSPS) is 13.0. The molecule has 27 heavy (non-hydrogen) atoms. The highest BCUT2D eigenvalue weighted by Gasteiger charge is 2.22. The van der Waals surface area contributed by atoms with Crippen molar-refractivity contribution in [2.24, 2.45) is 5.92 Å². The number of rotatable bonds is 9. The largest absolute Gasteiger partial charge is 0.344 e. The Balaban J connectivity index is 1.92. The monoisotopic (exact) mass is 388 g/mol. The van der Waals surface area contributed by atoms with Crippen LogP contribution in [0.15, 0.2) is 24.3 Å². The molecule has 2 amide bonds. The van der Waals surface area contributed by atoms with Gasteiger partial charge in [0.25, 0.3) is 0 Å². The van der Waals surface area contributed by atoms with Crippen molar-refractivity contribution < 1.29 is 9.59 Å². The van der Waals surface area contributed by atoms with Gasteiger partial charge in [-0.1, -0.05) is 67.9 Å². The molecule has 0 unspecified atom stereocenters. The molecular weight excluding hydrogens is 360 g/mol. The van der Waals surface area contributed by atoms with Crippen molar-refractivity contribution in [2.75, 3.05) is 5.32 Å². The third-order valence-electron chi connectivity index (χ3n) is 4.48. The van der Waals surface area contributed by atoms with Crippen LogP contribution in [-0.2, 0) is 9.59 Å². The van der Waals surface area contributed by atoms with Crippen LogP contribution in [0.25, 0.3) is 10.6 Å². The summed E-state index contributed by atoms with van der Waals surface area (Å²) in [4.78, 5) is 24.7. The summed E-state index contributed by atoms with van der Waals surface area (Å²) in [6, 6.07) is 7.35. The van der Waals surface area contributed by atoms with Crippen molar-refractivity contribution in [3.05, 3.63) is 29.8 Å². The fourth-order valence-corrected chi connectivity index (χ4v) is 3.42. The van der Waals surface area contributed by atoms with Crippen LogP contribution in [-0.4, -0.2) is 28.1 Å². The molecule has 2 rings (SSSR count). The molecule has 0 saturated heterocycles. The van der Waals surface area contributed by atoms with Crippen molar-refractivity contribution in [3.8, 4) is 10.6 Å². The Morgan fingerprint density at radius 2 is 1.81 bits per heavy atom. The van der Waals surface area contributed by atoms with Gasteiger partial charge in [0.15, 0.2) is 0 Å². The van der Waals surface area contributed by atoms with E-state index < -0.39 is 6.04 Å². The average molecular weight is 389 g/mol. The molecule has 2 aromatic rings. The van der Waals surface area contributed by atoms with Crippen molar-refractivity contribution in [1.29, 1.82) is 0 Å². The van der Waals surface area contributed by atoms with E-state index in [1.807, 2.05) is 38.1 Å². The number of benzene rings is 1. The Morgan fingerprint density at radius 1 is 1.11 bits per heavy atom. The number of carbonyl (C=O) groups is 2. The summed E-state index contributed by atoms with van der Waals surface area (Å²) in [5.74, 6) is -0.402. The first-order valence-corrected chi connectivity index (χ1v) is 10.3. The van der Waals surface area contributed by atoms with Gasteiger partial charge in [-0.15, -0.1) is 10.2 Å². The van der Waals surface area contributed by atoms with E-state index in [2.05, 4.69) is 27.8 Å². The lowest BCUT2D eigenvalue weighted by molar-refractivity contribution is -0.129. The predicted molar refractivity (Wildman–Crippen MR) is 110 cm³/mol. The highest BCUT2D eigenvalue weighted by atomic mass is 32.1. The number of nitrogens with zero attached hydrogens (tertiary/aromatic N) is 2. The van der Waals surface area contributed by atoms with Crippen LogP contribution in [0.4, 0.5) is 5.13 Å². The minimum Gasteiger partial charge on any atom is -0.344 e.